The van der Waals surface area contributed by atoms with Gasteiger partial charge in [-0.2, -0.15) is 0 Å². The van der Waals surface area contributed by atoms with Crippen LogP contribution in [-0.2, 0) is 9.59 Å². The average Bonchev–Trinajstić information content (AvgIpc) is 2.47. The summed E-state index contributed by atoms with van der Waals surface area (Å²) in [5, 5.41) is 11.6. The quantitative estimate of drug-likeness (QED) is 0.864. The second kappa shape index (κ2) is 6.34. The first-order valence-corrected chi connectivity index (χ1v) is 6.73. The maximum atomic E-state index is 12.2. The van der Waals surface area contributed by atoms with Gasteiger partial charge in [-0.15, -0.1) is 0 Å². The number of hydrogen-bond acceptors (Lipinski definition) is 4. The van der Waals surface area contributed by atoms with Gasteiger partial charge in [0.1, 0.15) is 0 Å². The smallest absolute Gasteiger partial charge is 0.356 e. The Morgan fingerprint density at radius 1 is 1.33 bits per heavy atom. The molecular weight excluding hydrogens is 274 g/mol. The van der Waals surface area contributed by atoms with Crippen molar-refractivity contribution in [2.24, 2.45) is 5.92 Å². The van der Waals surface area contributed by atoms with Crippen molar-refractivity contribution in [1.82, 2.24) is 9.88 Å². The molecule has 2 amide bonds. The Morgan fingerprint density at radius 2 is 2.00 bits per heavy atom. The third kappa shape index (κ3) is 3.56. The van der Waals surface area contributed by atoms with Gasteiger partial charge >= 0.3 is 5.97 Å². The molecule has 7 heteroatoms. The summed E-state index contributed by atoms with van der Waals surface area (Å²) in [5.74, 6) is -1.62. The van der Waals surface area contributed by atoms with Crippen LogP contribution in [0.2, 0.25) is 0 Å². The number of carboxylic acids is 1. The van der Waals surface area contributed by atoms with Gasteiger partial charge in [0.25, 0.3) is 0 Å². The third-order valence-electron chi connectivity index (χ3n) is 3.58. The number of hydrogen-bond donors (Lipinski definition) is 2. The molecule has 1 saturated heterocycles. The van der Waals surface area contributed by atoms with E-state index >= 15 is 0 Å². The first-order chi connectivity index (χ1) is 9.99. The van der Waals surface area contributed by atoms with Crippen LogP contribution in [0.3, 0.4) is 0 Å². The number of nitrogens with one attached hydrogen (secondary N) is 1. The number of anilines is 1. The maximum Gasteiger partial charge on any atom is 0.356 e. The zero-order valence-corrected chi connectivity index (χ0v) is 11.7. The fraction of sp³-hybridized carbons (Fsp3) is 0.429. The van der Waals surface area contributed by atoms with E-state index in [2.05, 4.69) is 10.3 Å². The second-order valence-corrected chi connectivity index (χ2v) is 4.97. The lowest BCUT2D eigenvalue weighted by molar-refractivity contribution is -0.132. The van der Waals surface area contributed by atoms with E-state index in [1.807, 2.05) is 0 Å². The maximum absolute atomic E-state index is 12.2. The zero-order valence-electron chi connectivity index (χ0n) is 11.7. The molecule has 21 heavy (non-hydrogen) atoms. The fourth-order valence-corrected chi connectivity index (χ4v) is 2.37. The van der Waals surface area contributed by atoms with Gasteiger partial charge in [0.2, 0.25) is 11.8 Å². The van der Waals surface area contributed by atoms with Gasteiger partial charge in [-0.05, 0) is 25.0 Å². The monoisotopic (exact) mass is 291 g/mol. The molecule has 0 bridgehead atoms. The van der Waals surface area contributed by atoms with Crippen molar-refractivity contribution >= 4 is 23.5 Å². The molecule has 2 N–H and O–H groups in total. The zero-order chi connectivity index (χ0) is 15.4. The Bertz CT molecular complexity index is 565. The molecule has 1 aliphatic heterocycles. The molecule has 1 aromatic rings. The van der Waals surface area contributed by atoms with Crippen LogP contribution < -0.4 is 5.32 Å². The number of nitrogens with zero attached hydrogens (tertiary/aromatic N) is 2. The second-order valence-electron chi connectivity index (χ2n) is 4.97. The van der Waals surface area contributed by atoms with E-state index < -0.39 is 5.97 Å². The standard InChI is InChI=1S/C14H17N3O4/c1-9(18)17-7-4-10(5-8-17)13(19)16-11-3-2-6-15-12(11)14(20)21/h2-3,6,10H,4-5,7-8H2,1H3,(H,16,19)(H,20,21). The number of likely N-dealkylation sites (tertiary alicyclic amines) is 1. The van der Waals surface area contributed by atoms with Gasteiger partial charge in [-0.1, -0.05) is 0 Å². The number of rotatable bonds is 3. The van der Waals surface area contributed by atoms with Gasteiger partial charge in [-0.25, -0.2) is 9.78 Å². The molecule has 2 rings (SSSR count). The number of aromatic carboxylic acids is 1. The SMILES string of the molecule is CC(=O)N1CCC(C(=O)Nc2cccnc2C(=O)O)CC1. The van der Waals surface area contributed by atoms with Crippen molar-refractivity contribution in [1.29, 1.82) is 0 Å². The average molecular weight is 291 g/mol. The van der Waals surface area contributed by atoms with E-state index in [0.29, 0.717) is 25.9 Å². The molecule has 1 aromatic heterocycles. The lowest BCUT2D eigenvalue weighted by atomic mass is 9.95. The summed E-state index contributed by atoms with van der Waals surface area (Å²) >= 11 is 0. The van der Waals surface area contributed by atoms with Crippen molar-refractivity contribution in [3.05, 3.63) is 24.0 Å². The first kappa shape index (κ1) is 15.0. The van der Waals surface area contributed by atoms with Gasteiger partial charge in [0.15, 0.2) is 5.69 Å². The summed E-state index contributed by atoms with van der Waals surface area (Å²) in [6.45, 7) is 2.60. The van der Waals surface area contributed by atoms with Crippen LogP contribution in [0.5, 0.6) is 0 Å². The topological polar surface area (TPSA) is 99.6 Å². The number of piperidine rings is 1. The van der Waals surface area contributed by atoms with Crippen LogP contribution in [0.15, 0.2) is 18.3 Å². The van der Waals surface area contributed by atoms with Gasteiger partial charge in [-0.3, -0.25) is 9.59 Å². The molecule has 0 atom stereocenters. The van der Waals surface area contributed by atoms with E-state index in [1.165, 1.54) is 19.2 Å². The van der Waals surface area contributed by atoms with Crippen molar-refractivity contribution in [2.45, 2.75) is 19.8 Å². The lowest BCUT2D eigenvalue weighted by Crippen LogP contribution is -2.40. The molecule has 0 unspecified atom stereocenters. The summed E-state index contributed by atoms with van der Waals surface area (Å²) < 4.78 is 0. The molecule has 112 valence electrons. The molecule has 0 spiro atoms. The van der Waals surface area contributed by atoms with Crippen LogP contribution in [0.4, 0.5) is 5.69 Å². The predicted octanol–water partition coefficient (Wildman–Crippen LogP) is 0.977. The molecule has 0 radical (unpaired) electrons. The molecule has 1 fully saturated rings. The summed E-state index contributed by atoms with van der Waals surface area (Å²) in [4.78, 5) is 39.9. The largest absolute Gasteiger partial charge is 0.476 e. The Labute approximate surface area is 122 Å². The normalized spacial score (nSPS) is 15.6. The Kier molecular flexibility index (Phi) is 4.52. The lowest BCUT2D eigenvalue weighted by Gasteiger charge is -2.30. The highest BCUT2D eigenvalue weighted by Crippen LogP contribution is 2.20. The molecular formula is C14H17N3O4. The molecule has 0 saturated carbocycles. The van der Waals surface area contributed by atoms with Crippen molar-refractivity contribution < 1.29 is 19.5 Å². The van der Waals surface area contributed by atoms with E-state index in [-0.39, 0.29) is 29.1 Å². The van der Waals surface area contributed by atoms with E-state index in [9.17, 15) is 14.4 Å². The number of carbonyl (C=O) groups excluding carboxylic acids is 2. The van der Waals surface area contributed by atoms with Crippen molar-refractivity contribution in [2.75, 3.05) is 18.4 Å². The van der Waals surface area contributed by atoms with Crippen LogP contribution in [0.25, 0.3) is 0 Å². The predicted molar refractivity (Wildman–Crippen MR) is 74.8 cm³/mol. The van der Waals surface area contributed by atoms with Crippen LogP contribution in [0, 0.1) is 5.92 Å². The minimum Gasteiger partial charge on any atom is -0.476 e. The highest BCUT2D eigenvalue weighted by molar-refractivity contribution is 5.99. The summed E-state index contributed by atoms with van der Waals surface area (Å²) in [6, 6.07) is 3.08. The summed E-state index contributed by atoms with van der Waals surface area (Å²) in [6.07, 6.45) is 2.52. The highest BCUT2D eigenvalue weighted by atomic mass is 16.4. The molecule has 1 aliphatic rings. The number of carboxylic acid groups (broad SMARTS) is 1. The molecule has 0 aliphatic carbocycles. The summed E-state index contributed by atoms with van der Waals surface area (Å²) in [7, 11) is 0. The minimum atomic E-state index is -1.18. The Balaban J connectivity index is 2.00. The van der Waals surface area contributed by atoms with Crippen LogP contribution >= 0.6 is 0 Å². The van der Waals surface area contributed by atoms with E-state index in [1.54, 1.807) is 11.0 Å². The Morgan fingerprint density at radius 3 is 2.57 bits per heavy atom. The Hall–Kier alpha value is -2.44. The molecule has 0 aromatic carbocycles. The number of carbonyl (C=O) groups is 3. The van der Waals surface area contributed by atoms with Gasteiger partial charge in [0.05, 0.1) is 5.69 Å². The highest BCUT2D eigenvalue weighted by Gasteiger charge is 2.26. The number of amides is 2. The molecule has 2 heterocycles. The van der Waals surface area contributed by atoms with Gasteiger partial charge < -0.3 is 15.3 Å². The molecule has 7 nitrogen and oxygen atoms in total. The summed E-state index contributed by atoms with van der Waals surface area (Å²) in [5.41, 5.74) is 0.0241. The van der Waals surface area contributed by atoms with Crippen molar-refractivity contribution in [3.63, 3.8) is 0 Å². The third-order valence-corrected chi connectivity index (χ3v) is 3.58. The number of aromatic nitrogens is 1. The van der Waals surface area contributed by atoms with Crippen LogP contribution in [-0.4, -0.2) is 45.9 Å². The van der Waals surface area contributed by atoms with Crippen LogP contribution in [0.1, 0.15) is 30.3 Å². The fourth-order valence-electron chi connectivity index (χ4n) is 2.37. The van der Waals surface area contributed by atoms with E-state index in [0.717, 1.165) is 0 Å². The van der Waals surface area contributed by atoms with Gasteiger partial charge in [0, 0.05) is 32.1 Å². The van der Waals surface area contributed by atoms with E-state index in [4.69, 9.17) is 5.11 Å². The number of pyridine rings is 1. The first-order valence-electron chi connectivity index (χ1n) is 6.73. The van der Waals surface area contributed by atoms with Crippen molar-refractivity contribution in [3.8, 4) is 0 Å². The minimum absolute atomic E-state index is 0.00859.